The van der Waals surface area contributed by atoms with E-state index in [2.05, 4.69) is 15.4 Å². The van der Waals surface area contributed by atoms with E-state index in [4.69, 9.17) is 5.21 Å². The third-order valence-electron chi connectivity index (χ3n) is 1.07. The van der Waals surface area contributed by atoms with Crippen molar-refractivity contribution in [2.24, 2.45) is 5.16 Å². The highest BCUT2D eigenvalue weighted by molar-refractivity contribution is 5.79. The van der Waals surface area contributed by atoms with Crippen molar-refractivity contribution in [1.29, 1.82) is 0 Å². The van der Waals surface area contributed by atoms with Crippen molar-refractivity contribution in [2.75, 3.05) is 0 Å². The molecule has 0 aliphatic rings. The Bertz CT molecular complexity index is 216. The van der Waals surface area contributed by atoms with Crippen LogP contribution in [0.5, 0.6) is 0 Å². The molecule has 4 nitrogen and oxygen atoms in total. The quantitative estimate of drug-likeness (QED) is 0.326. The number of hydrogen-bond acceptors (Lipinski definition) is 3. The number of H-pyrrole nitrogens is 1. The first kappa shape index (κ1) is 5.81. The van der Waals surface area contributed by atoms with Crippen molar-refractivity contribution in [1.82, 2.24) is 10.2 Å². The molecule has 48 valence electrons. The second kappa shape index (κ2) is 2.30. The fourth-order valence-electron chi connectivity index (χ4n) is 0.552. The minimum atomic E-state index is 0.803. The van der Waals surface area contributed by atoms with Crippen LogP contribution in [0.1, 0.15) is 11.3 Å². The summed E-state index contributed by atoms with van der Waals surface area (Å²) in [7, 11) is 0. The van der Waals surface area contributed by atoms with Crippen LogP contribution in [0, 0.1) is 6.92 Å². The zero-order valence-corrected chi connectivity index (χ0v) is 5.00. The molecule has 1 heterocycles. The van der Waals surface area contributed by atoms with Gasteiger partial charge in [-0.2, -0.15) is 5.10 Å². The second-order valence-electron chi connectivity index (χ2n) is 1.69. The van der Waals surface area contributed by atoms with Crippen LogP contribution in [0.15, 0.2) is 11.4 Å². The molecule has 0 amide bonds. The lowest BCUT2D eigenvalue weighted by Gasteiger charge is -1.81. The molecule has 1 aromatic heterocycles. The van der Waals surface area contributed by atoms with Crippen LogP contribution >= 0.6 is 0 Å². The molecule has 0 aliphatic carbocycles. The first-order valence-corrected chi connectivity index (χ1v) is 2.52. The van der Waals surface area contributed by atoms with Crippen LogP contribution in [0.4, 0.5) is 0 Å². The Morgan fingerprint density at radius 2 is 2.67 bits per heavy atom. The number of hydrogen-bond donors (Lipinski definition) is 2. The van der Waals surface area contributed by atoms with Crippen LogP contribution in [0.25, 0.3) is 0 Å². The van der Waals surface area contributed by atoms with Crippen molar-refractivity contribution < 1.29 is 5.21 Å². The molecule has 1 aromatic rings. The standard InChI is InChI=1S/C5H7N3O/c1-4-5(3-7-9)2-6-8-4/h2-3,9H,1H3,(H,6,8)/b7-3+. The lowest BCUT2D eigenvalue weighted by Crippen LogP contribution is -1.79. The van der Waals surface area contributed by atoms with Gasteiger partial charge in [0.25, 0.3) is 0 Å². The summed E-state index contributed by atoms with van der Waals surface area (Å²) in [6.07, 6.45) is 2.92. The van der Waals surface area contributed by atoms with E-state index < -0.39 is 0 Å². The molecular formula is C5H7N3O. The van der Waals surface area contributed by atoms with Crippen LogP contribution in [0.3, 0.4) is 0 Å². The molecule has 0 spiro atoms. The van der Waals surface area contributed by atoms with Crippen molar-refractivity contribution in [2.45, 2.75) is 6.92 Å². The average molecular weight is 125 g/mol. The Morgan fingerprint density at radius 1 is 1.89 bits per heavy atom. The first-order chi connectivity index (χ1) is 4.34. The molecule has 0 radical (unpaired) electrons. The summed E-state index contributed by atoms with van der Waals surface area (Å²) < 4.78 is 0. The summed E-state index contributed by atoms with van der Waals surface area (Å²) in [5.74, 6) is 0. The molecule has 1 rings (SSSR count). The zero-order chi connectivity index (χ0) is 6.69. The minimum Gasteiger partial charge on any atom is -0.411 e. The Kier molecular flexibility index (Phi) is 1.48. The zero-order valence-electron chi connectivity index (χ0n) is 5.00. The Morgan fingerprint density at radius 3 is 3.11 bits per heavy atom. The third-order valence-corrected chi connectivity index (χ3v) is 1.07. The van der Waals surface area contributed by atoms with E-state index in [9.17, 15) is 0 Å². The van der Waals surface area contributed by atoms with Crippen molar-refractivity contribution in [3.63, 3.8) is 0 Å². The van der Waals surface area contributed by atoms with Crippen LogP contribution in [-0.2, 0) is 0 Å². The average Bonchev–Trinajstić information content (AvgIpc) is 2.18. The van der Waals surface area contributed by atoms with E-state index in [-0.39, 0.29) is 0 Å². The monoisotopic (exact) mass is 125 g/mol. The first-order valence-electron chi connectivity index (χ1n) is 2.52. The lowest BCUT2D eigenvalue weighted by atomic mass is 10.3. The number of aromatic nitrogens is 2. The molecule has 0 saturated carbocycles. The van der Waals surface area contributed by atoms with Gasteiger partial charge in [0.05, 0.1) is 12.4 Å². The molecule has 0 unspecified atom stereocenters. The van der Waals surface area contributed by atoms with Gasteiger partial charge in [0.2, 0.25) is 0 Å². The molecule has 0 aromatic carbocycles. The molecule has 0 aliphatic heterocycles. The highest BCUT2D eigenvalue weighted by atomic mass is 16.4. The molecular weight excluding hydrogens is 118 g/mol. The molecule has 0 atom stereocenters. The third kappa shape index (κ3) is 1.07. The molecule has 0 saturated heterocycles. The summed E-state index contributed by atoms with van der Waals surface area (Å²) in [6.45, 7) is 1.85. The lowest BCUT2D eigenvalue weighted by molar-refractivity contribution is 0.322. The number of aromatic amines is 1. The van der Waals surface area contributed by atoms with Crippen molar-refractivity contribution in [3.8, 4) is 0 Å². The highest BCUT2D eigenvalue weighted by Crippen LogP contribution is 1.96. The van der Waals surface area contributed by atoms with Crippen LogP contribution in [0.2, 0.25) is 0 Å². The number of aryl methyl sites for hydroxylation is 1. The molecule has 4 heteroatoms. The van der Waals surface area contributed by atoms with Gasteiger partial charge in [-0.15, -0.1) is 0 Å². The van der Waals surface area contributed by atoms with Gasteiger partial charge in [-0.05, 0) is 6.92 Å². The maximum Gasteiger partial charge on any atom is 0.0767 e. The normalized spacial score (nSPS) is 10.8. The van der Waals surface area contributed by atoms with Crippen LogP contribution in [-0.4, -0.2) is 21.6 Å². The maximum absolute atomic E-state index is 8.09. The summed E-state index contributed by atoms with van der Waals surface area (Å²) >= 11 is 0. The summed E-state index contributed by atoms with van der Waals surface area (Å²) in [4.78, 5) is 0. The van der Waals surface area contributed by atoms with E-state index in [0.29, 0.717) is 0 Å². The van der Waals surface area contributed by atoms with Gasteiger partial charge >= 0.3 is 0 Å². The predicted octanol–water partition coefficient (Wildman–Crippen LogP) is 0.526. The van der Waals surface area contributed by atoms with Gasteiger partial charge < -0.3 is 5.21 Å². The summed E-state index contributed by atoms with van der Waals surface area (Å²) in [5.41, 5.74) is 1.70. The molecule has 2 N–H and O–H groups in total. The van der Waals surface area contributed by atoms with Crippen molar-refractivity contribution >= 4 is 6.21 Å². The number of oxime groups is 1. The second-order valence-corrected chi connectivity index (χ2v) is 1.69. The Labute approximate surface area is 52.2 Å². The largest absolute Gasteiger partial charge is 0.411 e. The predicted molar refractivity (Wildman–Crippen MR) is 32.7 cm³/mol. The van der Waals surface area contributed by atoms with Crippen molar-refractivity contribution in [3.05, 3.63) is 17.5 Å². The summed E-state index contributed by atoms with van der Waals surface area (Å²) in [5, 5.41) is 17.4. The number of nitrogens with zero attached hydrogens (tertiary/aromatic N) is 2. The molecule has 0 fully saturated rings. The van der Waals surface area contributed by atoms with Gasteiger partial charge in [0.1, 0.15) is 0 Å². The smallest absolute Gasteiger partial charge is 0.0767 e. The Balaban J connectivity index is 2.94. The number of rotatable bonds is 1. The fourth-order valence-corrected chi connectivity index (χ4v) is 0.552. The fraction of sp³-hybridized carbons (Fsp3) is 0.200. The minimum absolute atomic E-state index is 0.803. The van der Waals surface area contributed by atoms with E-state index in [0.717, 1.165) is 11.3 Å². The van der Waals surface area contributed by atoms with Gasteiger partial charge in [0, 0.05) is 11.3 Å². The van der Waals surface area contributed by atoms with Gasteiger partial charge in [-0.25, -0.2) is 0 Å². The van der Waals surface area contributed by atoms with E-state index in [1.165, 1.54) is 6.21 Å². The maximum atomic E-state index is 8.09. The van der Waals surface area contributed by atoms with Gasteiger partial charge in [-0.1, -0.05) is 5.16 Å². The molecule has 9 heavy (non-hydrogen) atoms. The van der Waals surface area contributed by atoms with Crippen LogP contribution < -0.4 is 0 Å². The molecule has 0 bridgehead atoms. The van der Waals surface area contributed by atoms with E-state index in [1.807, 2.05) is 6.92 Å². The van der Waals surface area contributed by atoms with E-state index >= 15 is 0 Å². The topological polar surface area (TPSA) is 61.3 Å². The number of nitrogens with one attached hydrogen (secondary N) is 1. The highest BCUT2D eigenvalue weighted by Gasteiger charge is 1.93. The van der Waals surface area contributed by atoms with E-state index in [1.54, 1.807) is 6.20 Å². The summed E-state index contributed by atoms with van der Waals surface area (Å²) in [6, 6.07) is 0. The van der Waals surface area contributed by atoms with Gasteiger partial charge in [0.15, 0.2) is 0 Å². The van der Waals surface area contributed by atoms with Gasteiger partial charge in [-0.3, -0.25) is 5.10 Å². The Hall–Kier alpha value is -1.32. The SMILES string of the molecule is Cc1[nH]ncc1/C=N/O.